The monoisotopic (exact) mass is 411 g/mol. The van der Waals surface area contributed by atoms with Gasteiger partial charge in [-0.15, -0.1) is 0 Å². The standard InChI is InChI=1S/C22H19ClFN3O2/c1-12-19(22(28)27-17-7-5-6-8-18(17)29-4)20(21(25-3)13(2)26-12)15-10-9-14(23)11-16(15)24/h5-11,20,26H,1-2,4H3,(H,27,28). The molecule has 7 heteroatoms. The van der Waals surface area contributed by atoms with Crippen LogP contribution in [0.3, 0.4) is 0 Å². The molecule has 0 bridgehead atoms. The Labute approximate surface area is 173 Å². The first-order valence-corrected chi connectivity index (χ1v) is 9.20. The van der Waals surface area contributed by atoms with Crippen molar-refractivity contribution in [2.24, 2.45) is 0 Å². The molecule has 1 aliphatic rings. The Bertz CT molecular complexity index is 1090. The van der Waals surface area contributed by atoms with E-state index in [-0.39, 0.29) is 21.9 Å². The van der Waals surface area contributed by atoms with Gasteiger partial charge in [-0.3, -0.25) is 4.79 Å². The van der Waals surface area contributed by atoms with Crippen molar-refractivity contribution in [3.05, 3.63) is 92.9 Å². The minimum atomic E-state index is -0.860. The first-order chi connectivity index (χ1) is 13.9. The average Bonchev–Trinajstić information content (AvgIpc) is 2.68. The number of halogens is 2. The van der Waals surface area contributed by atoms with Gasteiger partial charge >= 0.3 is 0 Å². The lowest BCUT2D eigenvalue weighted by Gasteiger charge is -2.29. The Balaban J connectivity index is 2.10. The van der Waals surface area contributed by atoms with Gasteiger partial charge in [0.15, 0.2) is 5.70 Å². The third-order valence-corrected chi connectivity index (χ3v) is 4.95. The van der Waals surface area contributed by atoms with Crippen LogP contribution in [0.5, 0.6) is 5.75 Å². The Morgan fingerprint density at radius 2 is 1.97 bits per heavy atom. The zero-order valence-electron chi connectivity index (χ0n) is 16.1. The van der Waals surface area contributed by atoms with Gasteiger partial charge in [0.25, 0.3) is 5.91 Å². The van der Waals surface area contributed by atoms with Crippen molar-refractivity contribution in [1.82, 2.24) is 5.32 Å². The quantitative estimate of drug-likeness (QED) is 0.676. The summed E-state index contributed by atoms with van der Waals surface area (Å²) in [6.07, 6.45) is 0. The number of ether oxygens (including phenoxy) is 1. The van der Waals surface area contributed by atoms with Gasteiger partial charge in [0.2, 0.25) is 0 Å². The number of allylic oxidation sites excluding steroid dienone is 3. The first-order valence-electron chi connectivity index (χ1n) is 8.82. The van der Waals surface area contributed by atoms with E-state index in [1.807, 2.05) is 0 Å². The van der Waals surface area contributed by atoms with Crippen LogP contribution in [0.25, 0.3) is 4.85 Å². The Morgan fingerprint density at radius 1 is 1.24 bits per heavy atom. The summed E-state index contributed by atoms with van der Waals surface area (Å²) in [5.74, 6) is -1.39. The van der Waals surface area contributed by atoms with E-state index in [1.165, 1.54) is 19.2 Å². The summed E-state index contributed by atoms with van der Waals surface area (Å²) >= 11 is 5.89. The molecule has 1 aliphatic heterocycles. The van der Waals surface area contributed by atoms with E-state index in [9.17, 15) is 9.18 Å². The molecule has 1 heterocycles. The number of nitrogens with one attached hydrogen (secondary N) is 2. The largest absolute Gasteiger partial charge is 0.495 e. The summed E-state index contributed by atoms with van der Waals surface area (Å²) in [5.41, 5.74) is 2.32. The van der Waals surface area contributed by atoms with Crippen molar-refractivity contribution in [3.8, 4) is 5.75 Å². The normalized spacial score (nSPS) is 16.2. The van der Waals surface area contributed by atoms with Crippen LogP contribution in [0.4, 0.5) is 10.1 Å². The molecule has 0 spiro atoms. The predicted octanol–water partition coefficient (Wildman–Crippen LogP) is 5.24. The lowest BCUT2D eigenvalue weighted by Crippen LogP contribution is -2.30. The number of para-hydroxylation sites is 2. The van der Waals surface area contributed by atoms with Crippen molar-refractivity contribution in [3.63, 3.8) is 0 Å². The van der Waals surface area contributed by atoms with Gasteiger partial charge in [-0.2, -0.15) is 0 Å². The van der Waals surface area contributed by atoms with Crippen LogP contribution in [-0.4, -0.2) is 13.0 Å². The van der Waals surface area contributed by atoms with Crippen LogP contribution in [0.1, 0.15) is 25.3 Å². The van der Waals surface area contributed by atoms with E-state index < -0.39 is 17.6 Å². The Kier molecular flexibility index (Phi) is 5.90. The number of hydrogen-bond acceptors (Lipinski definition) is 3. The van der Waals surface area contributed by atoms with Gasteiger partial charge in [-0.25, -0.2) is 9.24 Å². The highest BCUT2D eigenvalue weighted by atomic mass is 35.5. The molecule has 5 nitrogen and oxygen atoms in total. The van der Waals surface area contributed by atoms with E-state index in [4.69, 9.17) is 22.9 Å². The number of carbonyl (C=O) groups excluding carboxylic acids is 1. The van der Waals surface area contributed by atoms with Crippen molar-refractivity contribution >= 4 is 23.2 Å². The zero-order chi connectivity index (χ0) is 21.1. The second kappa shape index (κ2) is 8.38. The molecule has 1 atom stereocenters. The van der Waals surface area contributed by atoms with Crippen molar-refractivity contribution in [2.75, 3.05) is 12.4 Å². The summed E-state index contributed by atoms with van der Waals surface area (Å²) in [4.78, 5) is 16.8. The fraction of sp³-hybridized carbons (Fsp3) is 0.182. The van der Waals surface area contributed by atoms with E-state index in [2.05, 4.69) is 15.5 Å². The summed E-state index contributed by atoms with van der Waals surface area (Å²) < 4.78 is 20.1. The minimum absolute atomic E-state index is 0.214. The number of methoxy groups -OCH3 is 1. The highest BCUT2D eigenvalue weighted by Crippen LogP contribution is 2.41. The number of carbonyl (C=O) groups is 1. The topological polar surface area (TPSA) is 54.7 Å². The number of rotatable bonds is 4. The third-order valence-electron chi connectivity index (χ3n) is 4.72. The first kappa shape index (κ1) is 20.4. The molecule has 3 rings (SSSR count). The average molecular weight is 412 g/mol. The van der Waals surface area contributed by atoms with Gasteiger partial charge in [0, 0.05) is 22.0 Å². The Morgan fingerprint density at radius 3 is 2.62 bits per heavy atom. The molecule has 0 radical (unpaired) electrons. The van der Waals surface area contributed by atoms with Crippen molar-refractivity contribution in [1.29, 1.82) is 0 Å². The summed E-state index contributed by atoms with van der Waals surface area (Å²) in [6.45, 7) is 11.1. The number of hydrogen-bond donors (Lipinski definition) is 2. The molecular weight excluding hydrogens is 393 g/mol. The van der Waals surface area contributed by atoms with E-state index in [1.54, 1.807) is 44.2 Å². The number of amides is 1. The molecule has 2 N–H and O–H groups in total. The number of dihydropyridines is 1. The fourth-order valence-electron chi connectivity index (χ4n) is 3.41. The van der Waals surface area contributed by atoms with Gasteiger partial charge in [0.05, 0.1) is 25.3 Å². The van der Waals surface area contributed by atoms with Crippen LogP contribution in [0, 0.1) is 12.4 Å². The van der Waals surface area contributed by atoms with Crippen molar-refractivity contribution in [2.45, 2.75) is 19.8 Å². The summed E-state index contributed by atoms with van der Waals surface area (Å²) in [6, 6.07) is 11.2. The summed E-state index contributed by atoms with van der Waals surface area (Å²) in [5, 5.41) is 6.12. The maximum absolute atomic E-state index is 14.8. The third kappa shape index (κ3) is 3.96. The van der Waals surface area contributed by atoms with E-state index >= 15 is 0 Å². The molecule has 1 unspecified atom stereocenters. The SMILES string of the molecule is [C-]#[N+]C1=C(C)NC(C)=C(C(=O)Nc2ccccc2OC)C1c1ccc(Cl)cc1F. The number of anilines is 1. The molecule has 0 saturated heterocycles. The van der Waals surface area contributed by atoms with E-state index in [0.29, 0.717) is 22.8 Å². The second-order valence-corrected chi connectivity index (χ2v) is 6.98. The number of nitrogens with zero attached hydrogens (tertiary/aromatic N) is 1. The van der Waals surface area contributed by atoms with Crippen LogP contribution >= 0.6 is 11.6 Å². The number of benzene rings is 2. The highest BCUT2D eigenvalue weighted by Gasteiger charge is 2.35. The molecule has 0 fully saturated rings. The van der Waals surface area contributed by atoms with E-state index in [0.717, 1.165) is 0 Å². The lowest BCUT2D eigenvalue weighted by molar-refractivity contribution is -0.113. The predicted molar refractivity (Wildman–Crippen MR) is 111 cm³/mol. The molecule has 1 amide bonds. The van der Waals surface area contributed by atoms with Crippen LogP contribution in [-0.2, 0) is 4.79 Å². The van der Waals surface area contributed by atoms with Gasteiger partial charge in [-0.1, -0.05) is 29.8 Å². The molecule has 29 heavy (non-hydrogen) atoms. The van der Waals surface area contributed by atoms with Crippen LogP contribution in [0.2, 0.25) is 5.02 Å². The molecule has 148 valence electrons. The van der Waals surface area contributed by atoms with Gasteiger partial charge in [0.1, 0.15) is 11.6 Å². The zero-order valence-corrected chi connectivity index (χ0v) is 16.9. The Hall–Kier alpha value is -3.30. The molecule has 2 aromatic rings. The van der Waals surface area contributed by atoms with Crippen LogP contribution < -0.4 is 15.4 Å². The molecule has 0 saturated carbocycles. The van der Waals surface area contributed by atoms with Gasteiger partial charge < -0.3 is 15.4 Å². The lowest BCUT2D eigenvalue weighted by atomic mass is 9.83. The molecule has 2 aromatic carbocycles. The fourth-order valence-corrected chi connectivity index (χ4v) is 3.57. The highest BCUT2D eigenvalue weighted by molar-refractivity contribution is 6.30. The second-order valence-electron chi connectivity index (χ2n) is 6.54. The molecule has 0 aromatic heterocycles. The summed E-state index contributed by atoms with van der Waals surface area (Å²) in [7, 11) is 1.51. The maximum atomic E-state index is 14.8. The van der Waals surface area contributed by atoms with Gasteiger partial charge in [-0.05, 0) is 43.7 Å². The molecule has 0 aliphatic carbocycles. The minimum Gasteiger partial charge on any atom is -0.495 e. The smallest absolute Gasteiger partial charge is 0.253 e. The maximum Gasteiger partial charge on any atom is 0.253 e. The van der Waals surface area contributed by atoms with Crippen LogP contribution in [0.15, 0.2) is 65.1 Å². The van der Waals surface area contributed by atoms with Crippen molar-refractivity contribution < 1.29 is 13.9 Å². The molecular formula is C22H19ClFN3O2.